The van der Waals surface area contributed by atoms with Crippen LogP contribution in [-0.2, 0) is 11.0 Å². The van der Waals surface area contributed by atoms with Gasteiger partial charge in [0.05, 0.1) is 16.1 Å². The lowest BCUT2D eigenvalue weighted by Crippen LogP contribution is -2.31. The summed E-state index contributed by atoms with van der Waals surface area (Å²) in [6, 6.07) is 8.60. The van der Waals surface area contributed by atoms with E-state index < -0.39 is 51.2 Å². The van der Waals surface area contributed by atoms with Gasteiger partial charge in [-0.25, -0.2) is 0 Å². The highest BCUT2D eigenvalue weighted by molar-refractivity contribution is 6.28. The number of carbonyl (C=O) groups is 3. The Labute approximate surface area is 150 Å². The molecule has 2 aromatic rings. The quantitative estimate of drug-likeness (QED) is 0.329. The Balaban J connectivity index is 2.54. The zero-order valence-corrected chi connectivity index (χ0v) is 13.8. The maximum absolute atomic E-state index is 12.8. The van der Waals surface area contributed by atoms with Crippen LogP contribution in [0.25, 0.3) is 0 Å². The molecule has 0 heterocycles. The third kappa shape index (κ3) is 4.25. The van der Waals surface area contributed by atoms with E-state index >= 15 is 0 Å². The molecule has 0 amide bonds. The first-order chi connectivity index (χ1) is 12.5. The topological polar surface area (TPSA) is 94.3 Å². The number of rotatable bonds is 6. The van der Waals surface area contributed by atoms with Crippen LogP contribution in [0.5, 0.6) is 0 Å². The first-order valence-electron chi connectivity index (χ1n) is 7.53. The molecule has 0 saturated carbocycles. The number of alkyl halides is 3. The van der Waals surface area contributed by atoms with Crippen LogP contribution in [0, 0.1) is 16.0 Å². The van der Waals surface area contributed by atoms with Crippen molar-refractivity contribution in [3.8, 4) is 0 Å². The fourth-order valence-corrected chi connectivity index (χ4v) is 2.48. The van der Waals surface area contributed by atoms with Gasteiger partial charge in [0.2, 0.25) is 0 Å². The third-order valence-corrected chi connectivity index (χ3v) is 3.78. The van der Waals surface area contributed by atoms with E-state index in [1.165, 1.54) is 24.3 Å². The van der Waals surface area contributed by atoms with Gasteiger partial charge in [0.15, 0.2) is 11.6 Å². The first-order valence-corrected chi connectivity index (χ1v) is 7.53. The van der Waals surface area contributed by atoms with Crippen molar-refractivity contribution in [2.24, 2.45) is 5.92 Å². The van der Waals surface area contributed by atoms with Gasteiger partial charge in [-0.15, -0.1) is 0 Å². The van der Waals surface area contributed by atoms with E-state index in [0.717, 1.165) is 6.92 Å². The van der Waals surface area contributed by atoms with Crippen molar-refractivity contribution in [2.75, 3.05) is 0 Å². The van der Waals surface area contributed by atoms with Gasteiger partial charge in [-0.05, 0) is 19.1 Å². The minimum Gasteiger partial charge on any atom is -0.299 e. The monoisotopic (exact) mass is 379 g/mol. The highest BCUT2D eigenvalue weighted by Crippen LogP contribution is 2.34. The molecule has 0 fully saturated rings. The fourth-order valence-electron chi connectivity index (χ4n) is 2.48. The molecule has 0 aromatic heterocycles. The summed E-state index contributed by atoms with van der Waals surface area (Å²) < 4.78 is 38.4. The van der Waals surface area contributed by atoms with Crippen LogP contribution in [0.3, 0.4) is 0 Å². The van der Waals surface area contributed by atoms with Crippen molar-refractivity contribution in [3.63, 3.8) is 0 Å². The molecule has 0 radical (unpaired) electrons. The van der Waals surface area contributed by atoms with Crippen LogP contribution >= 0.6 is 0 Å². The van der Waals surface area contributed by atoms with Crippen molar-refractivity contribution in [2.45, 2.75) is 13.1 Å². The molecular weight excluding hydrogens is 367 g/mol. The Kier molecular flexibility index (Phi) is 5.53. The highest BCUT2D eigenvalue weighted by atomic mass is 19.4. The minimum absolute atomic E-state index is 0.0283. The van der Waals surface area contributed by atoms with Crippen LogP contribution in [0.2, 0.25) is 0 Å². The summed E-state index contributed by atoms with van der Waals surface area (Å²) in [5.74, 6) is -4.87. The van der Waals surface area contributed by atoms with Gasteiger partial charge in [-0.2, -0.15) is 13.2 Å². The van der Waals surface area contributed by atoms with Crippen molar-refractivity contribution in [1.29, 1.82) is 0 Å². The van der Waals surface area contributed by atoms with Gasteiger partial charge in [-0.1, -0.05) is 30.3 Å². The SMILES string of the molecule is CC(=O)C(C(=O)c1ccccc1)C(=O)c1ccc(C(F)(F)F)cc1[N+](=O)[O-]. The van der Waals surface area contributed by atoms with Crippen molar-refractivity contribution < 1.29 is 32.5 Å². The van der Waals surface area contributed by atoms with Gasteiger partial charge < -0.3 is 0 Å². The second kappa shape index (κ2) is 7.48. The lowest BCUT2D eigenvalue weighted by Gasteiger charge is -2.13. The predicted octanol–water partition coefficient (Wildman–Crippen LogP) is 3.88. The molecule has 0 N–H and O–H groups in total. The molecule has 0 aliphatic heterocycles. The summed E-state index contributed by atoms with van der Waals surface area (Å²) in [7, 11) is 0. The van der Waals surface area contributed by atoms with Crippen LogP contribution in [0.1, 0.15) is 33.2 Å². The maximum Gasteiger partial charge on any atom is 0.416 e. The number of nitro groups is 1. The molecule has 0 aliphatic carbocycles. The molecule has 2 rings (SSSR count). The molecule has 0 bridgehead atoms. The Hall–Kier alpha value is -3.36. The van der Waals surface area contributed by atoms with Gasteiger partial charge in [0, 0.05) is 11.6 Å². The largest absolute Gasteiger partial charge is 0.416 e. The van der Waals surface area contributed by atoms with Gasteiger partial charge in [0.25, 0.3) is 5.69 Å². The highest BCUT2D eigenvalue weighted by Gasteiger charge is 2.38. The summed E-state index contributed by atoms with van der Waals surface area (Å²) >= 11 is 0. The molecule has 6 nitrogen and oxygen atoms in total. The summed E-state index contributed by atoms with van der Waals surface area (Å²) in [6.07, 6.45) is -4.85. The van der Waals surface area contributed by atoms with E-state index in [9.17, 15) is 37.7 Å². The van der Waals surface area contributed by atoms with E-state index in [-0.39, 0.29) is 11.6 Å². The Bertz CT molecular complexity index is 922. The smallest absolute Gasteiger partial charge is 0.299 e. The van der Waals surface area contributed by atoms with Crippen LogP contribution < -0.4 is 0 Å². The predicted molar refractivity (Wildman–Crippen MR) is 87.4 cm³/mol. The fraction of sp³-hybridized carbons (Fsp3) is 0.167. The standard InChI is InChI=1S/C18H12F3NO5/c1-10(23)15(16(24)11-5-3-2-4-6-11)17(25)13-8-7-12(18(19,20)21)9-14(13)22(26)27/h2-9,15H,1H3. The number of hydrogen-bond donors (Lipinski definition) is 0. The molecule has 1 atom stereocenters. The molecule has 0 aliphatic rings. The molecule has 9 heteroatoms. The van der Waals surface area contributed by atoms with Gasteiger partial charge >= 0.3 is 6.18 Å². The number of benzene rings is 2. The maximum atomic E-state index is 12.8. The molecule has 140 valence electrons. The van der Waals surface area contributed by atoms with Crippen LogP contribution in [0.4, 0.5) is 18.9 Å². The average Bonchev–Trinajstić information content (AvgIpc) is 2.60. The minimum atomic E-state index is -4.85. The number of nitrogens with zero attached hydrogens (tertiary/aromatic N) is 1. The lowest BCUT2D eigenvalue weighted by molar-refractivity contribution is -0.385. The molecule has 27 heavy (non-hydrogen) atoms. The number of nitro benzene ring substituents is 1. The second-order valence-electron chi connectivity index (χ2n) is 5.62. The number of carbonyl (C=O) groups excluding carboxylic acids is 3. The van der Waals surface area contributed by atoms with Crippen LogP contribution in [-0.4, -0.2) is 22.3 Å². The molecule has 0 spiro atoms. The second-order valence-corrected chi connectivity index (χ2v) is 5.62. The molecule has 2 aromatic carbocycles. The molecule has 0 saturated heterocycles. The Morgan fingerprint density at radius 3 is 2.07 bits per heavy atom. The normalized spacial score (nSPS) is 12.3. The van der Waals surface area contributed by atoms with Crippen molar-refractivity contribution >= 4 is 23.0 Å². The Morgan fingerprint density at radius 2 is 1.59 bits per heavy atom. The van der Waals surface area contributed by atoms with Gasteiger partial charge in [-0.3, -0.25) is 24.5 Å². The average molecular weight is 379 g/mol. The first kappa shape index (κ1) is 20.0. The summed E-state index contributed by atoms with van der Waals surface area (Å²) in [5.41, 5.74) is -3.15. The van der Waals surface area contributed by atoms with Gasteiger partial charge in [0.1, 0.15) is 11.7 Å². The summed E-state index contributed by atoms with van der Waals surface area (Å²) in [4.78, 5) is 47.1. The van der Waals surface area contributed by atoms with E-state index in [1.807, 2.05) is 0 Å². The number of hydrogen-bond acceptors (Lipinski definition) is 5. The van der Waals surface area contributed by atoms with E-state index in [4.69, 9.17) is 0 Å². The summed E-state index contributed by atoms with van der Waals surface area (Å²) in [6.45, 7) is 0.958. The Morgan fingerprint density at radius 1 is 1.00 bits per heavy atom. The van der Waals surface area contributed by atoms with Crippen LogP contribution in [0.15, 0.2) is 48.5 Å². The zero-order valence-electron chi connectivity index (χ0n) is 13.8. The zero-order chi connectivity index (χ0) is 20.4. The van der Waals surface area contributed by atoms with E-state index in [0.29, 0.717) is 12.1 Å². The lowest BCUT2D eigenvalue weighted by atomic mass is 9.86. The van der Waals surface area contributed by atoms with E-state index in [1.54, 1.807) is 6.07 Å². The number of halogens is 3. The van der Waals surface area contributed by atoms with Crippen molar-refractivity contribution in [1.82, 2.24) is 0 Å². The number of ketones is 3. The molecule has 1 unspecified atom stereocenters. The summed E-state index contributed by atoms with van der Waals surface area (Å²) in [5, 5.41) is 11.2. The molecular formula is C18H12F3NO5. The third-order valence-electron chi connectivity index (χ3n) is 3.78. The van der Waals surface area contributed by atoms with E-state index in [2.05, 4.69) is 0 Å². The number of Topliss-reactive ketones (excluding diaryl/α,β-unsaturated/α-hetero) is 3. The van der Waals surface area contributed by atoms with Crippen molar-refractivity contribution in [3.05, 3.63) is 75.3 Å².